The highest BCUT2D eigenvalue weighted by molar-refractivity contribution is 6.32. The number of benzene rings is 2. The van der Waals surface area contributed by atoms with Crippen molar-refractivity contribution in [2.45, 2.75) is 0 Å². The van der Waals surface area contributed by atoms with Gasteiger partial charge in [0.15, 0.2) is 6.61 Å². The normalized spacial score (nSPS) is 14.1. The van der Waals surface area contributed by atoms with Crippen molar-refractivity contribution in [3.63, 3.8) is 0 Å². The number of nitrogens with zero attached hydrogens (tertiary/aromatic N) is 3. The van der Waals surface area contributed by atoms with Crippen molar-refractivity contribution in [3.8, 4) is 5.75 Å². The predicted octanol–water partition coefficient (Wildman–Crippen LogP) is 3.11. The lowest BCUT2D eigenvalue weighted by molar-refractivity contribution is -0.384. The molecule has 0 aromatic heterocycles. The Morgan fingerprint density at radius 3 is 2.56 bits per heavy atom. The maximum atomic E-state index is 13.0. The van der Waals surface area contributed by atoms with E-state index in [4.69, 9.17) is 16.3 Å². The van der Waals surface area contributed by atoms with E-state index in [2.05, 4.69) is 0 Å². The van der Waals surface area contributed by atoms with Crippen molar-refractivity contribution in [1.29, 1.82) is 0 Å². The molecular weight excluding hydrogens is 377 g/mol. The maximum Gasteiger partial charge on any atom is 0.292 e. The fourth-order valence-electron chi connectivity index (χ4n) is 2.91. The molecule has 0 aliphatic carbocycles. The summed E-state index contributed by atoms with van der Waals surface area (Å²) in [4.78, 5) is 26.6. The Kier molecular flexibility index (Phi) is 5.75. The first-order valence-corrected chi connectivity index (χ1v) is 8.67. The molecule has 0 spiro atoms. The molecule has 1 heterocycles. The lowest BCUT2D eigenvalue weighted by Gasteiger charge is -2.35. The van der Waals surface area contributed by atoms with E-state index in [0.29, 0.717) is 31.9 Å². The van der Waals surface area contributed by atoms with Crippen molar-refractivity contribution in [2.75, 3.05) is 37.7 Å². The maximum absolute atomic E-state index is 13.0. The van der Waals surface area contributed by atoms with Crippen LogP contribution in [0.2, 0.25) is 5.02 Å². The fraction of sp³-hybridized carbons (Fsp3) is 0.278. The summed E-state index contributed by atoms with van der Waals surface area (Å²) in [5, 5.41) is 11.3. The second kappa shape index (κ2) is 8.22. The van der Waals surface area contributed by atoms with Crippen LogP contribution in [0.1, 0.15) is 0 Å². The van der Waals surface area contributed by atoms with E-state index in [9.17, 15) is 19.3 Å². The molecule has 142 valence electrons. The van der Waals surface area contributed by atoms with Gasteiger partial charge < -0.3 is 14.5 Å². The summed E-state index contributed by atoms with van der Waals surface area (Å²) < 4.78 is 18.4. The number of para-hydroxylation sites is 2. The van der Waals surface area contributed by atoms with Gasteiger partial charge in [0.2, 0.25) is 0 Å². The number of halogens is 2. The number of ether oxygens (including phenoxy) is 1. The largest absolute Gasteiger partial charge is 0.482 e. The number of rotatable bonds is 5. The van der Waals surface area contributed by atoms with Crippen LogP contribution in [0.5, 0.6) is 5.75 Å². The number of amides is 1. The second-order valence-electron chi connectivity index (χ2n) is 5.98. The average molecular weight is 394 g/mol. The van der Waals surface area contributed by atoms with Gasteiger partial charge in [-0.25, -0.2) is 4.39 Å². The quantitative estimate of drug-likeness (QED) is 0.576. The number of nitro groups is 1. The molecule has 1 amide bonds. The van der Waals surface area contributed by atoms with E-state index in [0.717, 1.165) is 6.07 Å². The standard InChI is InChI=1S/C18H17ClFN3O4/c19-14-11-13(20)5-6-17(14)27-12-18(24)22-9-7-21(8-10-22)15-3-1-2-4-16(15)23(25)26/h1-6,11H,7-10,12H2. The van der Waals surface area contributed by atoms with Gasteiger partial charge >= 0.3 is 0 Å². The Balaban J connectivity index is 1.56. The Labute approximate surface area is 160 Å². The monoisotopic (exact) mass is 393 g/mol. The molecule has 27 heavy (non-hydrogen) atoms. The molecule has 0 saturated carbocycles. The van der Waals surface area contributed by atoms with Crippen molar-refractivity contribution >= 4 is 28.9 Å². The third-order valence-electron chi connectivity index (χ3n) is 4.30. The second-order valence-corrected chi connectivity index (χ2v) is 6.38. The molecule has 1 aliphatic heterocycles. The summed E-state index contributed by atoms with van der Waals surface area (Å²) in [7, 11) is 0. The number of nitro benzene ring substituents is 1. The lowest BCUT2D eigenvalue weighted by Crippen LogP contribution is -2.50. The number of carbonyl (C=O) groups is 1. The van der Waals surface area contributed by atoms with Crippen molar-refractivity contribution in [2.24, 2.45) is 0 Å². The van der Waals surface area contributed by atoms with Crippen LogP contribution in [-0.4, -0.2) is 48.5 Å². The first kappa shape index (κ1) is 18.9. The zero-order chi connectivity index (χ0) is 19.4. The first-order valence-electron chi connectivity index (χ1n) is 8.29. The Morgan fingerprint density at radius 2 is 1.89 bits per heavy atom. The summed E-state index contributed by atoms with van der Waals surface area (Å²) in [5.41, 5.74) is 0.593. The molecule has 0 radical (unpaired) electrons. The van der Waals surface area contributed by atoms with Crippen LogP contribution in [0, 0.1) is 15.9 Å². The zero-order valence-electron chi connectivity index (χ0n) is 14.3. The average Bonchev–Trinajstić information content (AvgIpc) is 2.67. The number of piperazine rings is 1. The molecule has 9 heteroatoms. The van der Waals surface area contributed by atoms with Gasteiger partial charge in [0.1, 0.15) is 17.3 Å². The summed E-state index contributed by atoms with van der Waals surface area (Å²) in [6.45, 7) is 1.59. The van der Waals surface area contributed by atoms with E-state index in [1.807, 2.05) is 4.90 Å². The van der Waals surface area contributed by atoms with E-state index in [1.54, 1.807) is 23.1 Å². The highest BCUT2D eigenvalue weighted by atomic mass is 35.5. The Morgan fingerprint density at radius 1 is 1.19 bits per heavy atom. The van der Waals surface area contributed by atoms with Gasteiger partial charge in [-0.2, -0.15) is 0 Å². The molecule has 1 saturated heterocycles. The minimum atomic E-state index is -0.482. The lowest BCUT2D eigenvalue weighted by atomic mass is 10.2. The van der Waals surface area contributed by atoms with E-state index < -0.39 is 10.7 Å². The van der Waals surface area contributed by atoms with E-state index in [-0.39, 0.29) is 29.0 Å². The van der Waals surface area contributed by atoms with Crippen molar-refractivity contribution in [3.05, 3.63) is 63.4 Å². The minimum Gasteiger partial charge on any atom is -0.482 e. The van der Waals surface area contributed by atoms with Crippen LogP contribution in [0.4, 0.5) is 15.8 Å². The highest BCUT2D eigenvalue weighted by Gasteiger charge is 2.25. The SMILES string of the molecule is O=C(COc1ccc(F)cc1Cl)N1CCN(c2ccccc2[N+](=O)[O-])CC1. The van der Waals surface area contributed by atoms with Crippen molar-refractivity contribution < 1.29 is 18.8 Å². The molecule has 1 fully saturated rings. The van der Waals surface area contributed by atoms with Crippen LogP contribution >= 0.6 is 11.6 Å². The highest BCUT2D eigenvalue weighted by Crippen LogP contribution is 2.28. The summed E-state index contributed by atoms with van der Waals surface area (Å²) in [6, 6.07) is 10.2. The van der Waals surface area contributed by atoms with Gasteiger partial charge in [-0.3, -0.25) is 14.9 Å². The van der Waals surface area contributed by atoms with Gasteiger partial charge in [-0.15, -0.1) is 0 Å². The smallest absolute Gasteiger partial charge is 0.292 e. The van der Waals surface area contributed by atoms with E-state index >= 15 is 0 Å². The molecule has 0 atom stereocenters. The van der Waals surface area contributed by atoms with Gasteiger partial charge in [0.05, 0.1) is 9.95 Å². The Hall–Kier alpha value is -2.87. The molecule has 0 bridgehead atoms. The first-order chi connectivity index (χ1) is 13.0. The summed E-state index contributed by atoms with van der Waals surface area (Å²) >= 11 is 5.87. The molecule has 0 N–H and O–H groups in total. The summed E-state index contributed by atoms with van der Waals surface area (Å²) in [6.07, 6.45) is 0. The molecule has 0 unspecified atom stereocenters. The molecule has 3 rings (SSSR count). The molecule has 2 aromatic rings. The number of anilines is 1. The van der Waals surface area contributed by atoms with Gasteiger partial charge in [-0.1, -0.05) is 23.7 Å². The molecular formula is C18H17ClFN3O4. The predicted molar refractivity (Wildman–Crippen MR) is 98.8 cm³/mol. The van der Waals surface area contributed by atoms with Gasteiger partial charge in [0.25, 0.3) is 11.6 Å². The van der Waals surface area contributed by atoms with Gasteiger partial charge in [0, 0.05) is 32.2 Å². The number of hydrogen-bond donors (Lipinski definition) is 0. The van der Waals surface area contributed by atoms with Crippen LogP contribution < -0.4 is 9.64 Å². The molecule has 1 aliphatic rings. The number of hydrogen-bond acceptors (Lipinski definition) is 5. The zero-order valence-corrected chi connectivity index (χ0v) is 15.1. The fourth-order valence-corrected chi connectivity index (χ4v) is 3.13. The number of carbonyl (C=O) groups excluding carboxylic acids is 1. The van der Waals surface area contributed by atoms with Crippen LogP contribution in [0.3, 0.4) is 0 Å². The van der Waals surface area contributed by atoms with E-state index in [1.165, 1.54) is 18.2 Å². The minimum absolute atomic E-state index is 0.0477. The van der Waals surface area contributed by atoms with Crippen LogP contribution in [0.15, 0.2) is 42.5 Å². The third-order valence-corrected chi connectivity index (χ3v) is 4.59. The van der Waals surface area contributed by atoms with Crippen molar-refractivity contribution in [1.82, 2.24) is 4.90 Å². The Bertz CT molecular complexity index is 856. The summed E-state index contributed by atoms with van der Waals surface area (Å²) in [5.74, 6) is -0.465. The van der Waals surface area contributed by atoms with Gasteiger partial charge in [-0.05, 0) is 24.3 Å². The molecule has 2 aromatic carbocycles. The molecule has 7 nitrogen and oxygen atoms in total. The topological polar surface area (TPSA) is 75.9 Å². The van der Waals surface area contributed by atoms with Crippen LogP contribution in [-0.2, 0) is 4.79 Å². The van der Waals surface area contributed by atoms with Crippen LogP contribution in [0.25, 0.3) is 0 Å². The third kappa shape index (κ3) is 4.46.